The number of benzene rings is 3. The molecule has 1 atom stereocenters. The zero-order chi connectivity index (χ0) is 28.6. The molecular formula is C28H30F3N3O4S. The maximum absolute atomic E-state index is 14.0. The minimum Gasteiger partial charge on any atom is -0.354 e. The summed E-state index contributed by atoms with van der Waals surface area (Å²) in [5.74, 6) is -4.15. The Morgan fingerprint density at radius 3 is 2.15 bits per heavy atom. The Hall–Kier alpha value is -3.86. The second-order valence-corrected chi connectivity index (χ2v) is 10.9. The van der Waals surface area contributed by atoms with Crippen LogP contribution in [-0.4, -0.2) is 50.5 Å². The van der Waals surface area contributed by atoms with Gasteiger partial charge in [-0.1, -0.05) is 49.4 Å². The van der Waals surface area contributed by atoms with Crippen LogP contribution in [0.2, 0.25) is 0 Å². The lowest BCUT2D eigenvalue weighted by atomic mass is 10.0. The number of nitrogens with one attached hydrogen (secondary N) is 1. The average Bonchev–Trinajstić information content (AvgIpc) is 2.90. The molecule has 0 aliphatic heterocycles. The number of hydrogen-bond donors (Lipinski definition) is 1. The van der Waals surface area contributed by atoms with Gasteiger partial charge in [0.1, 0.15) is 18.4 Å². The van der Waals surface area contributed by atoms with Crippen LogP contribution in [0.1, 0.15) is 24.5 Å². The summed E-state index contributed by atoms with van der Waals surface area (Å²) in [6.45, 7) is 1.32. The summed E-state index contributed by atoms with van der Waals surface area (Å²) in [4.78, 5) is 28.4. The normalized spacial score (nSPS) is 12.0. The highest BCUT2D eigenvalue weighted by molar-refractivity contribution is 7.92. The number of hydrogen-bond acceptors (Lipinski definition) is 4. The van der Waals surface area contributed by atoms with E-state index in [2.05, 4.69) is 5.32 Å². The van der Waals surface area contributed by atoms with Crippen molar-refractivity contribution in [3.05, 3.63) is 101 Å². The summed E-state index contributed by atoms with van der Waals surface area (Å²) in [6, 6.07) is 15.8. The van der Waals surface area contributed by atoms with Gasteiger partial charge in [-0.25, -0.2) is 21.6 Å². The molecule has 0 aliphatic rings. The van der Waals surface area contributed by atoms with E-state index in [1.165, 1.54) is 29.2 Å². The van der Waals surface area contributed by atoms with Gasteiger partial charge in [0.25, 0.3) is 0 Å². The lowest BCUT2D eigenvalue weighted by molar-refractivity contribution is -0.140. The first-order valence-corrected chi connectivity index (χ1v) is 14.1. The second-order valence-electron chi connectivity index (χ2n) is 9.01. The standard InChI is InChI=1S/C28H30F3N3O4S/c1-3-15-32-28(36)26(16-20-7-5-4-6-8-20)33(18-21-9-11-22(29)12-10-21)27(35)19-34(39(2,37)38)23-13-14-24(30)25(31)17-23/h4-14,17,26H,3,15-16,18-19H2,1-2H3,(H,32,36)/t26-/m0/s1. The van der Waals surface area contributed by atoms with Crippen molar-refractivity contribution < 1.29 is 31.2 Å². The lowest BCUT2D eigenvalue weighted by Crippen LogP contribution is -2.53. The molecule has 39 heavy (non-hydrogen) atoms. The molecule has 0 aromatic heterocycles. The van der Waals surface area contributed by atoms with E-state index in [4.69, 9.17) is 0 Å². The van der Waals surface area contributed by atoms with E-state index >= 15 is 0 Å². The molecule has 0 heterocycles. The van der Waals surface area contributed by atoms with Crippen molar-refractivity contribution in [2.75, 3.05) is 23.7 Å². The molecule has 0 fully saturated rings. The number of sulfonamides is 1. The molecule has 1 N–H and O–H groups in total. The largest absolute Gasteiger partial charge is 0.354 e. The van der Waals surface area contributed by atoms with Crippen molar-refractivity contribution in [3.63, 3.8) is 0 Å². The van der Waals surface area contributed by atoms with Gasteiger partial charge in [0, 0.05) is 25.6 Å². The molecule has 0 saturated carbocycles. The van der Waals surface area contributed by atoms with Crippen LogP contribution in [0.15, 0.2) is 72.8 Å². The van der Waals surface area contributed by atoms with Crippen LogP contribution in [0.3, 0.4) is 0 Å². The van der Waals surface area contributed by atoms with E-state index in [0.29, 0.717) is 28.9 Å². The molecule has 0 saturated heterocycles. The van der Waals surface area contributed by atoms with Crippen LogP contribution in [0.4, 0.5) is 18.9 Å². The Balaban J connectivity index is 2.04. The van der Waals surface area contributed by atoms with Crippen molar-refractivity contribution in [1.29, 1.82) is 0 Å². The topological polar surface area (TPSA) is 86.8 Å². The molecule has 0 bridgehead atoms. The third-order valence-electron chi connectivity index (χ3n) is 5.96. The van der Waals surface area contributed by atoms with Gasteiger partial charge in [-0.3, -0.25) is 13.9 Å². The number of carbonyl (C=O) groups excluding carboxylic acids is 2. The summed E-state index contributed by atoms with van der Waals surface area (Å²) >= 11 is 0. The van der Waals surface area contributed by atoms with Crippen molar-refractivity contribution in [2.24, 2.45) is 0 Å². The van der Waals surface area contributed by atoms with E-state index in [9.17, 15) is 31.2 Å². The fraction of sp³-hybridized carbons (Fsp3) is 0.286. The fourth-order valence-electron chi connectivity index (χ4n) is 3.96. The van der Waals surface area contributed by atoms with Crippen LogP contribution in [0, 0.1) is 17.5 Å². The fourth-order valence-corrected chi connectivity index (χ4v) is 4.80. The highest BCUT2D eigenvalue weighted by atomic mass is 32.2. The molecule has 3 aromatic rings. The highest BCUT2D eigenvalue weighted by Gasteiger charge is 2.33. The molecule has 0 aliphatic carbocycles. The van der Waals surface area contributed by atoms with Crippen LogP contribution in [0.5, 0.6) is 0 Å². The van der Waals surface area contributed by atoms with Gasteiger partial charge in [0.05, 0.1) is 11.9 Å². The summed E-state index contributed by atoms with van der Waals surface area (Å²) in [5.41, 5.74) is 1.01. The first-order chi connectivity index (χ1) is 18.5. The SMILES string of the molecule is CCCNC(=O)[C@H](Cc1ccccc1)N(Cc1ccc(F)cc1)C(=O)CN(c1ccc(F)c(F)c1)S(C)(=O)=O. The highest BCUT2D eigenvalue weighted by Crippen LogP contribution is 2.22. The first-order valence-electron chi connectivity index (χ1n) is 12.3. The Morgan fingerprint density at radius 2 is 1.56 bits per heavy atom. The van der Waals surface area contributed by atoms with Crippen LogP contribution in [-0.2, 0) is 32.6 Å². The number of anilines is 1. The van der Waals surface area contributed by atoms with Crippen molar-refractivity contribution >= 4 is 27.5 Å². The zero-order valence-corrected chi connectivity index (χ0v) is 22.4. The Kier molecular flexibility index (Phi) is 10.1. The van der Waals surface area contributed by atoms with E-state index < -0.39 is 51.9 Å². The van der Waals surface area contributed by atoms with Gasteiger partial charge >= 0.3 is 0 Å². The monoisotopic (exact) mass is 561 g/mol. The van der Waals surface area contributed by atoms with Gasteiger partial charge in [-0.15, -0.1) is 0 Å². The number of rotatable bonds is 12. The maximum Gasteiger partial charge on any atom is 0.244 e. The van der Waals surface area contributed by atoms with Gasteiger partial charge in [0.2, 0.25) is 21.8 Å². The predicted molar refractivity (Wildman–Crippen MR) is 143 cm³/mol. The van der Waals surface area contributed by atoms with E-state index in [1.807, 2.05) is 13.0 Å². The summed E-state index contributed by atoms with van der Waals surface area (Å²) in [7, 11) is -4.13. The summed E-state index contributed by atoms with van der Waals surface area (Å²) in [6.07, 6.45) is 1.60. The first kappa shape index (κ1) is 29.7. The van der Waals surface area contributed by atoms with Crippen molar-refractivity contribution in [3.8, 4) is 0 Å². The molecular weight excluding hydrogens is 531 g/mol. The molecule has 0 spiro atoms. The maximum atomic E-state index is 14.0. The molecule has 3 rings (SSSR count). The van der Waals surface area contributed by atoms with Crippen LogP contribution in [0.25, 0.3) is 0 Å². The number of halogens is 3. The molecule has 7 nitrogen and oxygen atoms in total. The van der Waals surface area contributed by atoms with E-state index in [0.717, 1.165) is 24.0 Å². The molecule has 0 radical (unpaired) electrons. The number of carbonyl (C=O) groups is 2. The van der Waals surface area contributed by atoms with E-state index in [1.54, 1.807) is 24.3 Å². The lowest BCUT2D eigenvalue weighted by Gasteiger charge is -2.33. The molecule has 3 aromatic carbocycles. The van der Waals surface area contributed by atoms with Gasteiger partial charge in [0.15, 0.2) is 11.6 Å². The second kappa shape index (κ2) is 13.3. The number of nitrogens with zero attached hydrogens (tertiary/aromatic N) is 2. The van der Waals surface area contributed by atoms with Gasteiger partial charge < -0.3 is 10.2 Å². The minimum atomic E-state index is -4.13. The van der Waals surface area contributed by atoms with Crippen LogP contribution < -0.4 is 9.62 Å². The number of amides is 2. The molecule has 11 heteroatoms. The third-order valence-corrected chi connectivity index (χ3v) is 7.10. The molecule has 0 unspecified atom stereocenters. The molecule has 208 valence electrons. The summed E-state index contributed by atoms with van der Waals surface area (Å²) < 4.78 is 67.0. The average molecular weight is 562 g/mol. The van der Waals surface area contributed by atoms with Gasteiger partial charge in [-0.05, 0) is 41.8 Å². The molecule has 2 amide bonds. The van der Waals surface area contributed by atoms with Crippen molar-refractivity contribution in [2.45, 2.75) is 32.4 Å². The summed E-state index contributed by atoms with van der Waals surface area (Å²) in [5, 5.41) is 2.80. The van der Waals surface area contributed by atoms with Crippen molar-refractivity contribution in [1.82, 2.24) is 10.2 Å². The Morgan fingerprint density at radius 1 is 0.897 bits per heavy atom. The van der Waals surface area contributed by atoms with Gasteiger partial charge in [-0.2, -0.15) is 0 Å². The smallest absolute Gasteiger partial charge is 0.244 e. The predicted octanol–water partition coefficient (Wildman–Crippen LogP) is 4.04. The quantitative estimate of drug-likeness (QED) is 0.362. The zero-order valence-electron chi connectivity index (χ0n) is 21.6. The third kappa shape index (κ3) is 8.31. The minimum absolute atomic E-state index is 0.118. The van der Waals surface area contributed by atoms with E-state index in [-0.39, 0.29) is 18.7 Å². The van der Waals surface area contributed by atoms with Crippen LogP contribution >= 0.6 is 0 Å². The Labute approximate surface area is 226 Å². The Bertz CT molecular complexity index is 1390.